The summed E-state index contributed by atoms with van der Waals surface area (Å²) >= 11 is 0. The topological polar surface area (TPSA) is 80.0 Å². The van der Waals surface area contributed by atoms with Crippen molar-refractivity contribution < 1.29 is 23.8 Å². The molecule has 0 fully saturated rings. The van der Waals surface area contributed by atoms with Crippen molar-refractivity contribution in [1.82, 2.24) is 4.90 Å². The molecule has 0 atom stereocenters. The van der Waals surface area contributed by atoms with Crippen molar-refractivity contribution in [2.75, 3.05) is 20.7 Å². The van der Waals surface area contributed by atoms with E-state index in [4.69, 9.17) is 14.3 Å². The molecule has 0 aliphatic carbocycles. The third kappa shape index (κ3) is 3.53. The van der Waals surface area contributed by atoms with E-state index in [1.54, 1.807) is 32.6 Å². The van der Waals surface area contributed by atoms with E-state index in [0.29, 0.717) is 11.3 Å². The van der Waals surface area contributed by atoms with E-state index in [1.807, 2.05) is 6.07 Å². The van der Waals surface area contributed by atoms with Crippen LogP contribution in [0.15, 0.2) is 28.9 Å². The number of carbonyl (C=O) groups is 2. The molecule has 1 heterocycles. The standard InChI is InChI=1S/C15H17NO5/c1-16(6-5-15(18)19)14(17)7-10-9-21-13-8-11(20-2)3-4-12(10)13/h3-4,8-9H,5-7H2,1-2H3,(H,18,19). The number of carbonyl (C=O) groups excluding carboxylic acids is 1. The largest absolute Gasteiger partial charge is 0.497 e. The molecule has 6 heteroatoms. The summed E-state index contributed by atoms with van der Waals surface area (Å²) in [5.41, 5.74) is 1.44. The molecule has 1 aromatic carbocycles. The zero-order valence-electron chi connectivity index (χ0n) is 12.0. The Morgan fingerprint density at radius 1 is 1.38 bits per heavy atom. The maximum atomic E-state index is 12.1. The Labute approximate surface area is 121 Å². The normalized spacial score (nSPS) is 10.6. The number of carboxylic acids is 1. The highest BCUT2D eigenvalue weighted by atomic mass is 16.5. The minimum Gasteiger partial charge on any atom is -0.497 e. The molecule has 0 bridgehead atoms. The Hall–Kier alpha value is -2.50. The van der Waals surface area contributed by atoms with Gasteiger partial charge in [-0.3, -0.25) is 9.59 Å². The maximum absolute atomic E-state index is 12.1. The molecule has 0 saturated heterocycles. The molecule has 6 nitrogen and oxygen atoms in total. The fraction of sp³-hybridized carbons (Fsp3) is 0.333. The number of hydrogen-bond donors (Lipinski definition) is 1. The van der Waals surface area contributed by atoms with Gasteiger partial charge in [-0.2, -0.15) is 0 Å². The van der Waals surface area contributed by atoms with Gasteiger partial charge >= 0.3 is 5.97 Å². The predicted octanol–water partition coefficient (Wildman–Crippen LogP) is 1.92. The summed E-state index contributed by atoms with van der Waals surface area (Å²) < 4.78 is 10.5. The number of ether oxygens (including phenoxy) is 1. The molecular formula is C15H17NO5. The number of fused-ring (bicyclic) bond motifs is 1. The fourth-order valence-corrected chi connectivity index (χ4v) is 2.01. The minimum absolute atomic E-state index is 0.0639. The van der Waals surface area contributed by atoms with E-state index in [1.165, 1.54) is 4.90 Å². The Bertz CT molecular complexity index is 661. The van der Waals surface area contributed by atoms with Crippen molar-refractivity contribution in [1.29, 1.82) is 0 Å². The SMILES string of the molecule is COc1ccc2c(CC(=O)N(C)CCC(=O)O)coc2c1. The van der Waals surface area contributed by atoms with Gasteiger partial charge < -0.3 is 19.2 Å². The van der Waals surface area contributed by atoms with E-state index >= 15 is 0 Å². The van der Waals surface area contributed by atoms with Crippen LogP contribution in [0.1, 0.15) is 12.0 Å². The Morgan fingerprint density at radius 3 is 2.81 bits per heavy atom. The number of likely N-dealkylation sites (N-methyl/N-ethyl adjacent to an activating group) is 1. The van der Waals surface area contributed by atoms with E-state index in [0.717, 1.165) is 10.9 Å². The lowest BCUT2D eigenvalue weighted by atomic mass is 10.1. The van der Waals surface area contributed by atoms with Gasteiger partial charge in [-0.15, -0.1) is 0 Å². The first kappa shape index (κ1) is 14.9. The highest BCUT2D eigenvalue weighted by Crippen LogP contribution is 2.26. The molecule has 1 amide bonds. The van der Waals surface area contributed by atoms with E-state index in [9.17, 15) is 9.59 Å². The van der Waals surface area contributed by atoms with Gasteiger partial charge in [0.05, 0.1) is 26.2 Å². The van der Waals surface area contributed by atoms with Crippen LogP contribution in [0, 0.1) is 0 Å². The van der Waals surface area contributed by atoms with Crippen molar-refractivity contribution in [3.05, 3.63) is 30.0 Å². The lowest BCUT2D eigenvalue weighted by molar-refractivity contribution is -0.138. The van der Waals surface area contributed by atoms with Gasteiger partial charge in [-0.05, 0) is 12.1 Å². The first-order valence-electron chi connectivity index (χ1n) is 6.51. The fourth-order valence-electron chi connectivity index (χ4n) is 2.01. The van der Waals surface area contributed by atoms with Gasteiger partial charge in [0.15, 0.2) is 0 Å². The summed E-state index contributed by atoms with van der Waals surface area (Å²) in [7, 11) is 3.17. The molecule has 0 aliphatic heterocycles. The third-order valence-corrected chi connectivity index (χ3v) is 3.29. The molecule has 0 aliphatic rings. The van der Waals surface area contributed by atoms with E-state index < -0.39 is 5.97 Å². The Balaban J connectivity index is 2.09. The van der Waals surface area contributed by atoms with Crippen LogP contribution in [0.5, 0.6) is 5.75 Å². The van der Waals surface area contributed by atoms with Crippen LogP contribution in [0.3, 0.4) is 0 Å². The summed E-state index contributed by atoms with van der Waals surface area (Å²) in [5.74, 6) is -0.376. The van der Waals surface area contributed by atoms with Gasteiger partial charge in [0.1, 0.15) is 11.3 Å². The zero-order chi connectivity index (χ0) is 15.4. The van der Waals surface area contributed by atoms with Gasteiger partial charge in [0.2, 0.25) is 5.91 Å². The average Bonchev–Trinajstić information content (AvgIpc) is 2.86. The number of nitrogens with zero attached hydrogens (tertiary/aromatic N) is 1. The number of benzene rings is 1. The van der Waals surface area contributed by atoms with Crippen molar-refractivity contribution >= 4 is 22.8 Å². The zero-order valence-corrected chi connectivity index (χ0v) is 12.0. The maximum Gasteiger partial charge on any atom is 0.305 e. The monoisotopic (exact) mass is 291 g/mol. The van der Waals surface area contributed by atoms with Crippen molar-refractivity contribution in [2.45, 2.75) is 12.8 Å². The van der Waals surface area contributed by atoms with Gasteiger partial charge in [-0.1, -0.05) is 0 Å². The molecule has 2 rings (SSSR count). The molecular weight excluding hydrogens is 274 g/mol. The van der Waals surface area contributed by atoms with Crippen LogP contribution in [-0.2, 0) is 16.0 Å². The van der Waals surface area contributed by atoms with Crippen molar-refractivity contribution in [2.24, 2.45) is 0 Å². The molecule has 1 N–H and O–H groups in total. The number of rotatable bonds is 6. The van der Waals surface area contributed by atoms with Crippen LogP contribution in [0.25, 0.3) is 11.0 Å². The molecule has 0 spiro atoms. The van der Waals surface area contributed by atoms with Crippen LogP contribution >= 0.6 is 0 Å². The van der Waals surface area contributed by atoms with Gasteiger partial charge in [0, 0.05) is 30.6 Å². The number of carboxylic acid groups (broad SMARTS) is 1. The number of amides is 1. The average molecular weight is 291 g/mol. The molecule has 21 heavy (non-hydrogen) atoms. The van der Waals surface area contributed by atoms with Crippen LogP contribution in [0.4, 0.5) is 0 Å². The Kier molecular flexibility index (Phi) is 4.47. The Morgan fingerprint density at radius 2 is 2.14 bits per heavy atom. The van der Waals surface area contributed by atoms with Gasteiger partial charge in [-0.25, -0.2) is 0 Å². The van der Waals surface area contributed by atoms with Crippen molar-refractivity contribution in [3.8, 4) is 5.75 Å². The molecule has 0 unspecified atom stereocenters. The summed E-state index contributed by atoms with van der Waals surface area (Å²) in [6.07, 6.45) is 1.66. The number of methoxy groups -OCH3 is 1. The first-order valence-corrected chi connectivity index (χ1v) is 6.51. The first-order chi connectivity index (χ1) is 10.0. The number of hydrogen-bond acceptors (Lipinski definition) is 4. The lowest BCUT2D eigenvalue weighted by Gasteiger charge is -2.15. The summed E-state index contributed by atoms with van der Waals surface area (Å²) in [5, 5.41) is 9.48. The minimum atomic E-state index is -0.921. The van der Waals surface area contributed by atoms with E-state index in [2.05, 4.69) is 0 Å². The smallest absolute Gasteiger partial charge is 0.305 e. The third-order valence-electron chi connectivity index (χ3n) is 3.29. The van der Waals surface area contributed by atoms with Crippen LogP contribution in [0.2, 0.25) is 0 Å². The second kappa shape index (κ2) is 6.30. The summed E-state index contributed by atoms with van der Waals surface area (Å²) in [6.45, 7) is 0.192. The van der Waals surface area contributed by atoms with Gasteiger partial charge in [0.25, 0.3) is 0 Å². The summed E-state index contributed by atoms with van der Waals surface area (Å²) in [4.78, 5) is 24.0. The summed E-state index contributed by atoms with van der Waals surface area (Å²) in [6, 6.07) is 5.41. The predicted molar refractivity (Wildman–Crippen MR) is 76.4 cm³/mol. The molecule has 1 aromatic heterocycles. The second-order valence-corrected chi connectivity index (χ2v) is 4.76. The molecule has 2 aromatic rings. The lowest BCUT2D eigenvalue weighted by Crippen LogP contribution is -2.30. The van der Waals surface area contributed by atoms with E-state index in [-0.39, 0.29) is 25.3 Å². The van der Waals surface area contributed by atoms with Crippen LogP contribution in [-0.4, -0.2) is 42.6 Å². The molecule has 112 valence electrons. The number of furan rings is 1. The number of aliphatic carboxylic acids is 1. The quantitative estimate of drug-likeness (QED) is 0.879. The highest BCUT2D eigenvalue weighted by molar-refractivity contribution is 5.88. The second-order valence-electron chi connectivity index (χ2n) is 4.76. The van der Waals surface area contributed by atoms with Crippen LogP contribution < -0.4 is 4.74 Å². The highest BCUT2D eigenvalue weighted by Gasteiger charge is 2.15. The molecule has 0 radical (unpaired) electrons. The molecule has 0 saturated carbocycles. The van der Waals surface area contributed by atoms with Crippen molar-refractivity contribution in [3.63, 3.8) is 0 Å².